The summed E-state index contributed by atoms with van der Waals surface area (Å²) in [6.45, 7) is 2.46. The van der Waals surface area contributed by atoms with Gasteiger partial charge in [-0.1, -0.05) is 32.6 Å². The van der Waals surface area contributed by atoms with E-state index in [1.807, 2.05) is 0 Å². The monoisotopic (exact) mass is 329 g/mol. The van der Waals surface area contributed by atoms with Crippen LogP contribution in [0.1, 0.15) is 45.4 Å². The molecule has 0 saturated carbocycles. The Balaban J connectivity index is 4.26. The Bertz CT molecular complexity index is 444. The van der Waals surface area contributed by atoms with Gasteiger partial charge in [0.05, 0.1) is 19.1 Å². The van der Waals surface area contributed by atoms with Crippen LogP contribution in [0.3, 0.4) is 0 Å². The predicted molar refractivity (Wildman–Crippen MR) is 80.5 cm³/mol. The summed E-state index contributed by atoms with van der Waals surface area (Å²) in [6.07, 6.45) is 6.43. The molecular formula is C12H27NO5S2. The maximum atomic E-state index is 11.3. The van der Waals surface area contributed by atoms with E-state index in [0.717, 1.165) is 39.0 Å². The molecular weight excluding hydrogens is 302 g/mol. The average molecular weight is 329 g/mol. The van der Waals surface area contributed by atoms with Gasteiger partial charge in [-0.25, -0.2) is 13.1 Å². The van der Waals surface area contributed by atoms with Crippen LogP contribution in [0.4, 0.5) is 0 Å². The van der Waals surface area contributed by atoms with Gasteiger partial charge >= 0.3 is 0 Å². The number of hydrogen-bond acceptors (Lipinski definition) is 5. The largest absolute Gasteiger partial charge is 0.273 e. The zero-order valence-electron chi connectivity index (χ0n) is 12.6. The summed E-state index contributed by atoms with van der Waals surface area (Å²) >= 11 is 0. The first-order valence-electron chi connectivity index (χ1n) is 6.93. The maximum Gasteiger partial charge on any atom is 0.267 e. The molecule has 0 aliphatic carbocycles. The highest BCUT2D eigenvalue weighted by molar-refractivity contribution is 7.88. The summed E-state index contributed by atoms with van der Waals surface area (Å²) in [6, 6.07) is 0. The summed E-state index contributed by atoms with van der Waals surface area (Å²) in [4.78, 5) is 0. The molecule has 0 fully saturated rings. The van der Waals surface area contributed by atoms with Gasteiger partial charge < -0.3 is 0 Å². The number of hydrogen-bond donors (Lipinski definition) is 1. The summed E-state index contributed by atoms with van der Waals surface area (Å²) in [5.74, 6) is 0.180. The number of sulfonamides is 1. The number of nitrogens with one attached hydrogen (secondary N) is 1. The molecule has 20 heavy (non-hydrogen) atoms. The quantitative estimate of drug-likeness (QED) is 0.433. The van der Waals surface area contributed by atoms with Crippen molar-refractivity contribution in [1.82, 2.24) is 4.72 Å². The molecule has 0 spiro atoms. The highest BCUT2D eigenvalue weighted by Gasteiger charge is 2.15. The molecule has 0 aromatic heterocycles. The molecule has 122 valence electrons. The highest BCUT2D eigenvalue weighted by atomic mass is 32.2. The Kier molecular flexibility index (Phi) is 9.61. The van der Waals surface area contributed by atoms with Crippen LogP contribution in [0.15, 0.2) is 0 Å². The lowest BCUT2D eigenvalue weighted by Crippen LogP contribution is -2.25. The van der Waals surface area contributed by atoms with E-state index in [1.54, 1.807) is 0 Å². The zero-order chi connectivity index (χ0) is 15.6. The van der Waals surface area contributed by atoms with Crippen LogP contribution in [0.25, 0.3) is 0 Å². The lowest BCUT2D eigenvalue weighted by molar-refractivity contribution is 0.379. The van der Waals surface area contributed by atoms with Crippen molar-refractivity contribution < 1.29 is 21.0 Å². The molecule has 0 saturated heterocycles. The Morgan fingerprint density at radius 3 is 2.20 bits per heavy atom. The van der Waals surface area contributed by atoms with E-state index >= 15 is 0 Å². The Morgan fingerprint density at radius 1 is 1.05 bits per heavy atom. The van der Waals surface area contributed by atoms with Gasteiger partial charge in [0.25, 0.3) is 10.1 Å². The van der Waals surface area contributed by atoms with Gasteiger partial charge in [-0.15, -0.1) is 0 Å². The summed E-state index contributed by atoms with van der Waals surface area (Å²) in [5, 5.41) is 0. The standard InChI is InChI=1S/C12H27NO5S2/c1-4-5-6-7-12(8-10-13-19(3,14)15)9-11-20(16,17)18-2/h12-13H,4-11H2,1-3H3. The summed E-state index contributed by atoms with van der Waals surface area (Å²) in [7, 11) is -5.46. The minimum atomic E-state index is -3.44. The molecule has 1 unspecified atom stereocenters. The smallest absolute Gasteiger partial charge is 0.267 e. The highest BCUT2D eigenvalue weighted by Crippen LogP contribution is 2.18. The first-order valence-corrected chi connectivity index (χ1v) is 10.4. The van der Waals surface area contributed by atoms with Gasteiger partial charge in [-0.2, -0.15) is 8.42 Å². The fourth-order valence-corrected chi connectivity index (χ4v) is 3.24. The third-order valence-electron chi connectivity index (χ3n) is 3.16. The van der Waals surface area contributed by atoms with Crippen molar-refractivity contribution in [2.75, 3.05) is 25.7 Å². The van der Waals surface area contributed by atoms with Crippen LogP contribution >= 0.6 is 0 Å². The van der Waals surface area contributed by atoms with Crippen LogP contribution in [-0.2, 0) is 24.3 Å². The summed E-state index contributed by atoms with van der Waals surface area (Å²) in [5.41, 5.74) is 0. The Labute approximate surface area is 123 Å². The van der Waals surface area contributed by atoms with E-state index < -0.39 is 20.1 Å². The van der Waals surface area contributed by atoms with Crippen molar-refractivity contribution in [3.8, 4) is 0 Å². The normalized spacial score (nSPS) is 14.3. The van der Waals surface area contributed by atoms with Crippen molar-refractivity contribution >= 4 is 20.1 Å². The van der Waals surface area contributed by atoms with Gasteiger partial charge in [0.15, 0.2) is 0 Å². The maximum absolute atomic E-state index is 11.3. The fourth-order valence-electron chi connectivity index (χ4n) is 1.96. The third-order valence-corrected chi connectivity index (χ3v) is 5.13. The molecule has 1 N–H and O–H groups in total. The SMILES string of the molecule is CCCCCC(CCNS(C)(=O)=O)CCS(=O)(=O)OC. The van der Waals surface area contributed by atoms with Crippen LogP contribution in [0.2, 0.25) is 0 Å². The molecule has 0 aliphatic heterocycles. The van der Waals surface area contributed by atoms with Gasteiger partial charge in [-0.3, -0.25) is 4.18 Å². The van der Waals surface area contributed by atoms with E-state index in [2.05, 4.69) is 15.8 Å². The minimum absolute atomic E-state index is 0.0147. The van der Waals surface area contributed by atoms with Crippen LogP contribution < -0.4 is 4.72 Å². The second-order valence-electron chi connectivity index (χ2n) is 5.03. The molecule has 0 aliphatic rings. The lowest BCUT2D eigenvalue weighted by atomic mass is 9.95. The Hall–Kier alpha value is -0.180. The van der Waals surface area contributed by atoms with E-state index in [9.17, 15) is 16.8 Å². The first kappa shape index (κ1) is 19.8. The van der Waals surface area contributed by atoms with E-state index in [1.165, 1.54) is 0 Å². The van der Waals surface area contributed by atoms with E-state index in [-0.39, 0.29) is 11.7 Å². The third kappa shape index (κ3) is 11.6. The lowest BCUT2D eigenvalue weighted by Gasteiger charge is -2.16. The van der Waals surface area contributed by atoms with Gasteiger partial charge in [0, 0.05) is 6.54 Å². The molecule has 0 aromatic rings. The summed E-state index contributed by atoms with van der Waals surface area (Å²) < 4.78 is 51.6. The molecule has 1 atom stereocenters. The number of unbranched alkanes of at least 4 members (excludes halogenated alkanes) is 2. The van der Waals surface area contributed by atoms with Crippen molar-refractivity contribution in [3.05, 3.63) is 0 Å². The van der Waals surface area contributed by atoms with Crippen LogP contribution in [0, 0.1) is 5.92 Å². The van der Waals surface area contributed by atoms with E-state index in [4.69, 9.17) is 0 Å². The van der Waals surface area contributed by atoms with Gasteiger partial charge in [0.1, 0.15) is 0 Å². The van der Waals surface area contributed by atoms with Crippen molar-refractivity contribution in [3.63, 3.8) is 0 Å². The molecule has 8 heteroatoms. The molecule has 6 nitrogen and oxygen atoms in total. The van der Waals surface area contributed by atoms with Crippen molar-refractivity contribution in [2.45, 2.75) is 45.4 Å². The second-order valence-corrected chi connectivity index (χ2v) is 8.72. The van der Waals surface area contributed by atoms with Gasteiger partial charge in [0.2, 0.25) is 10.0 Å². The number of rotatable bonds is 12. The molecule has 0 aromatic carbocycles. The topological polar surface area (TPSA) is 89.5 Å². The Morgan fingerprint density at radius 2 is 1.70 bits per heavy atom. The van der Waals surface area contributed by atoms with Gasteiger partial charge in [-0.05, 0) is 18.8 Å². The molecule has 0 radical (unpaired) electrons. The zero-order valence-corrected chi connectivity index (χ0v) is 14.2. The van der Waals surface area contributed by atoms with Crippen LogP contribution in [0.5, 0.6) is 0 Å². The molecule has 0 rings (SSSR count). The second kappa shape index (κ2) is 9.70. The molecule has 0 amide bonds. The average Bonchev–Trinajstić information content (AvgIpc) is 2.34. The minimum Gasteiger partial charge on any atom is -0.273 e. The predicted octanol–water partition coefficient (Wildman–Crippen LogP) is 1.49. The molecule has 0 heterocycles. The van der Waals surface area contributed by atoms with E-state index in [0.29, 0.717) is 19.4 Å². The van der Waals surface area contributed by atoms with Crippen LogP contribution in [-0.4, -0.2) is 42.5 Å². The fraction of sp³-hybridized carbons (Fsp3) is 1.00. The first-order chi connectivity index (χ1) is 9.20. The van der Waals surface area contributed by atoms with Crippen molar-refractivity contribution in [1.29, 1.82) is 0 Å². The van der Waals surface area contributed by atoms with Crippen molar-refractivity contribution in [2.24, 2.45) is 5.92 Å². The molecule has 0 bridgehead atoms.